The number of carbonyl (C=O) groups is 1. The Balaban J connectivity index is 1.59. The predicted molar refractivity (Wildman–Crippen MR) is 80.6 cm³/mol. The van der Waals surface area contributed by atoms with Crippen LogP contribution in [0, 0.1) is 0 Å². The average molecular weight is 352 g/mol. The first kappa shape index (κ1) is 16.0. The molecule has 0 bridgehead atoms. The number of nitrogens with zero attached hydrogens (tertiary/aromatic N) is 1. The second-order valence-electron chi connectivity index (χ2n) is 4.73. The SMILES string of the molecule is O=C(N/N=C\c1ccc(S(=O)(=O)O)o1)[C@@H]1COc2ccccc2O1. The molecule has 1 aromatic heterocycles. The third kappa shape index (κ3) is 3.55. The van der Waals surface area contributed by atoms with Gasteiger partial charge in [0, 0.05) is 0 Å². The molecule has 0 radical (unpaired) electrons. The molecular weight excluding hydrogens is 340 g/mol. The number of furan rings is 1. The Morgan fingerprint density at radius 3 is 2.71 bits per heavy atom. The molecule has 3 rings (SSSR count). The summed E-state index contributed by atoms with van der Waals surface area (Å²) in [4.78, 5) is 12.0. The minimum absolute atomic E-state index is 0.0338. The number of para-hydroxylation sites is 2. The Bertz CT molecular complexity index is 888. The van der Waals surface area contributed by atoms with Crippen LogP contribution in [-0.2, 0) is 14.9 Å². The van der Waals surface area contributed by atoms with E-state index in [1.807, 2.05) is 0 Å². The Labute approximate surface area is 136 Å². The highest BCUT2D eigenvalue weighted by atomic mass is 32.2. The number of ether oxygens (including phenoxy) is 2. The first-order chi connectivity index (χ1) is 11.4. The Kier molecular flexibility index (Phi) is 4.23. The molecule has 10 heteroatoms. The largest absolute Gasteiger partial charge is 0.485 e. The second kappa shape index (κ2) is 6.34. The van der Waals surface area contributed by atoms with Crippen molar-refractivity contribution < 1.29 is 31.7 Å². The molecule has 9 nitrogen and oxygen atoms in total. The summed E-state index contributed by atoms with van der Waals surface area (Å²) in [6.07, 6.45) is 0.214. The number of hydrogen-bond acceptors (Lipinski definition) is 7. The predicted octanol–water partition coefficient (Wildman–Crippen LogP) is 0.816. The van der Waals surface area contributed by atoms with Crippen molar-refractivity contribution in [2.45, 2.75) is 11.2 Å². The molecule has 24 heavy (non-hydrogen) atoms. The maximum absolute atomic E-state index is 12.0. The van der Waals surface area contributed by atoms with Crippen molar-refractivity contribution in [1.82, 2.24) is 5.43 Å². The smallest absolute Gasteiger partial charge is 0.328 e. The van der Waals surface area contributed by atoms with E-state index in [0.717, 1.165) is 12.3 Å². The van der Waals surface area contributed by atoms with E-state index < -0.39 is 27.2 Å². The van der Waals surface area contributed by atoms with Gasteiger partial charge in [0.15, 0.2) is 11.5 Å². The summed E-state index contributed by atoms with van der Waals surface area (Å²) in [6, 6.07) is 9.28. The zero-order valence-electron chi connectivity index (χ0n) is 12.1. The van der Waals surface area contributed by atoms with E-state index in [2.05, 4.69) is 10.5 Å². The van der Waals surface area contributed by atoms with Gasteiger partial charge in [0.25, 0.3) is 5.91 Å². The number of rotatable bonds is 4. The molecule has 0 saturated heterocycles. The van der Waals surface area contributed by atoms with Gasteiger partial charge in [0.2, 0.25) is 11.2 Å². The zero-order chi connectivity index (χ0) is 17.2. The molecule has 0 saturated carbocycles. The molecule has 2 heterocycles. The number of hydrogen-bond donors (Lipinski definition) is 2. The first-order valence-corrected chi connectivity index (χ1v) is 8.16. The van der Waals surface area contributed by atoms with Gasteiger partial charge in [0.05, 0.1) is 6.21 Å². The molecule has 0 unspecified atom stereocenters. The molecule has 1 atom stereocenters. The molecule has 0 fully saturated rings. The number of nitrogens with one attached hydrogen (secondary N) is 1. The lowest BCUT2D eigenvalue weighted by molar-refractivity contribution is -0.130. The summed E-state index contributed by atoms with van der Waals surface area (Å²) in [5.41, 5.74) is 2.23. The van der Waals surface area contributed by atoms with Gasteiger partial charge in [-0.3, -0.25) is 9.35 Å². The number of hydrazone groups is 1. The Morgan fingerprint density at radius 1 is 1.25 bits per heavy atom. The molecular formula is C14H12N2O7S. The molecule has 1 aromatic carbocycles. The van der Waals surface area contributed by atoms with Gasteiger partial charge in [-0.15, -0.1) is 0 Å². The zero-order valence-corrected chi connectivity index (χ0v) is 12.9. The lowest BCUT2D eigenvalue weighted by Gasteiger charge is -2.24. The fourth-order valence-electron chi connectivity index (χ4n) is 1.92. The molecule has 1 aliphatic rings. The summed E-state index contributed by atoms with van der Waals surface area (Å²) in [5, 5.41) is 3.02. The van der Waals surface area contributed by atoms with Crippen molar-refractivity contribution in [3.63, 3.8) is 0 Å². The quantitative estimate of drug-likeness (QED) is 0.473. The highest BCUT2D eigenvalue weighted by molar-refractivity contribution is 7.85. The van der Waals surface area contributed by atoms with E-state index in [0.29, 0.717) is 11.5 Å². The van der Waals surface area contributed by atoms with Crippen LogP contribution in [0.25, 0.3) is 0 Å². The van der Waals surface area contributed by atoms with Crippen LogP contribution in [0.15, 0.2) is 51.0 Å². The van der Waals surface area contributed by atoms with Gasteiger partial charge in [-0.05, 0) is 24.3 Å². The third-order valence-corrected chi connectivity index (χ3v) is 3.75. The molecule has 1 amide bonds. The minimum Gasteiger partial charge on any atom is -0.485 e. The maximum atomic E-state index is 12.0. The summed E-state index contributed by atoms with van der Waals surface area (Å²) < 4.78 is 46.2. The van der Waals surface area contributed by atoms with Gasteiger partial charge >= 0.3 is 10.1 Å². The molecule has 0 aliphatic carbocycles. The van der Waals surface area contributed by atoms with E-state index in [1.165, 1.54) is 6.07 Å². The summed E-state index contributed by atoms with van der Waals surface area (Å²) in [7, 11) is -4.42. The average Bonchev–Trinajstić information content (AvgIpc) is 3.03. The van der Waals surface area contributed by atoms with Crippen molar-refractivity contribution in [1.29, 1.82) is 0 Å². The Morgan fingerprint density at radius 2 is 2.00 bits per heavy atom. The molecule has 1 aliphatic heterocycles. The van der Waals surface area contributed by atoms with E-state index >= 15 is 0 Å². The van der Waals surface area contributed by atoms with E-state index in [4.69, 9.17) is 18.4 Å². The highest BCUT2D eigenvalue weighted by Crippen LogP contribution is 2.30. The molecule has 2 N–H and O–H groups in total. The van der Waals surface area contributed by atoms with Crippen LogP contribution in [0.3, 0.4) is 0 Å². The third-order valence-electron chi connectivity index (χ3n) is 3.02. The van der Waals surface area contributed by atoms with Gasteiger partial charge in [-0.1, -0.05) is 12.1 Å². The first-order valence-electron chi connectivity index (χ1n) is 6.72. The monoisotopic (exact) mass is 352 g/mol. The van der Waals surface area contributed by atoms with Crippen LogP contribution < -0.4 is 14.9 Å². The standard InChI is InChI=1S/C14H12N2O7S/c17-14(12-8-21-10-3-1-2-4-11(10)23-12)16-15-7-9-5-6-13(22-9)24(18,19)20/h1-7,12H,8H2,(H,16,17)(H,18,19,20)/b15-7-/t12-/m0/s1. The van der Waals surface area contributed by atoms with Gasteiger partial charge in [-0.25, -0.2) is 5.43 Å². The lowest BCUT2D eigenvalue weighted by atomic mass is 10.2. The molecule has 2 aromatic rings. The minimum atomic E-state index is -4.42. The van der Waals surface area contributed by atoms with E-state index in [-0.39, 0.29) is 12.4 Å². The van der Waals surface area contributed by atoms with E-state index in [9.17, 15) is 13.2 Å². The summed E-state index contributed by atoms with van der Waals surface area (Å²) >= 11 is 0. The fraction of sp³-hybridized carbons (Fsp3) is 0.143. The van der Waals surface area contributed by atoms with Crippen molar-refractivity contribution in [2.24, 2.45) is 5.10 Å². The van der Waals surface area contributed by atoms with Crippen LogP contribution in [0.5, 0.6) is 11.5 Å². The van der Waals surface area contributed by atoms with Crippen LogP contribution in [0.1, 0.15) is 5.76 Å². The van der Waals surface area contributed by atoms with Crippen LogP contribution >= 0.6 is 0 Å². The number of amides is 1. The van der Waals surface area contributed by atoms with E-state index in [1.54, 1.807) is 24.3 Å². The Hall–Kier alpha value is -2.85. The van der Waals surface area contributed by atoms with Crippen LogP contribution in [0.4, 0.5) is 0 Å². The lowest BCUT2D eigenvalue weighted by Crippen LogP contribution is -2.42. The van der Waals surface area contributed by atoms with Gasteiger partial charge < -0.3 is 13.9 Å². The van der Waals surface area contributed by atoms with Crippen molar-refractivity contribution in [3.8, 4) is 11.5 Å². The topological polar surface area (TPSA) is 127 Å². The summed E-state index contributed by atoms with van der Waals surface area (Å²) in [6.45, 7) is 0.0338. The highest BCUT2D eigenvalue weighted by Gasteiger charge is 2.27. The molecule has 0 spiro atoms. The van der Waals surface area contributed by atoms with Crippen molar-refractivity contribution in [2.75, 3.05) is 6.61 Å². The molecule has 126 valence electrons. The van der Waals surface area contributed by atoms with Crippen LogP contribution in [-0.4, -0.2) is 37.8 Å². The number of benzene rings is 1. The van der Waals surface area contributed by atoms with Crippen molar-refractivity contribution >= 4 is 22.2 Å². The van der Waals surface area contributed by atoms with Gasteiger partial charge in [0.1, 0.15) is 12.4 Å². The number of carbonyl (C=O) groups excluding carboxylic acids is 1. The van der Waals surface area contributed by atoms with Crippen molar-refractivity contribution in [3.05, 3.63) is 42.2 Å². The number of fused-ring (bicyclic) bond motifs is 1. The van der Waals surface area contributed by atoms with Crippen LogP contribution in [0.2, 0.25) is 0 Å². The summed E-state index contributed by atoms with van der Waals surface area (Å²) in [5.74, 6) is 0.506. The second-order valence-corrected chi connectivity index (χ2v) is 6.08. The maximum Gasteiger partial charge on any atom is 0.328 e. The normalized spacial score (nSPS) is 17.0. The fourth-order valence-corrected chi connectivity index (χ4v) is 2.36. The van der Waals surface area contributed by atoms with Gasteiger partial charge in [-0.2, -0.15) is 13.5 Å².